The summed E-state index contributed by atoms with van der Waals surface area (Å²) in [7, 11) is -0.0593. The lowest BCUT2D eigenvalue weighted by Crippen LogP contribution is -2.17. The Hall–Kier alpha value is -3.10. The van der Waals surface area contributed by atoms with Gasteiger partial charge in [-0.3, -0.25) is 9.52 Å². The van der Waals surface area contributed by atoms with Crippen LogP contribution in [0.1, 0.15) is 12.5 Å². The lowest BCUT2D eigenvalue weighted by Gasteiger charge is -2.14. The maximum atomic E-state index is 12.7. The number of benzene rings is 2. The maximum Gasteiger partial charge on any atom is 0.258 e. The Morgan fingerprint density at radius 1 is 1.16 bits per heavy atom. The van der Waals surface area contributed by atoms with Crippen molar-refractivity contribution in [3.8, 4) is 11.1 Å². The first-order valence-electron chi connectivity index (χ1n) is 9.52. The summed E-state index contributed by atoms with van der Waals surface area (Å²) in [4.78, 5) is 12.7. The van der Waals surface area contributed by atoms with Gasteiger partial charge < -0.3 is 15.3 Å². The van der Waals surface area contributed by atoms with E-state index in [1.807, 2.05) is 6.07 Å². The molecule has 0 aliphatic carbocycles. The molecule has 0 unspecified atom stereocenters. The van der Waals surface area contributed by atoms with Gasteiger partial charge in [-0.2, -0.15) is 0 Å². The van der Waals surface area contributed by atoms with Crippen LogP contribution in [0.3, 0.4) is 0 Å². The van der Waals surface area contributed by atoms with E-state index in [-0.39, 0.29) is 11.3 Å². The molecule has 0 atom stereocenters. The number of sulfonamides is 1. The number of allylic oxidation sites excluding steroid dienone is 1. The van der Waals surface area contributed by atoms with Crippen molar-refractivity contribution >= 4 is 49.9 Å². The zero-order valence-electron chi connectivity index (χ0n) is 17.4. The average molecular weight is 459 g/mol. The smallest absolute Gasteiger partial charge is 0.258 e. The zero-order chi connectivity index (χ0) is 22.8. The average Bonchev–Trinajstić information content (AvgIpc) is 2.75. The van der Waals surface area contributed by atoms with Gasteiger partial charge in [-0.15, -0.1) is 0 Å². The van der Waals surface area contributed by atoms with Crippen molar-refractivity contribution in [2.45, 2.75) is 6.92 Å². The Morgan fingerprint density at radius 3 is 2.55 bits per heavy atom. The van der Waals surface area contributed by atoms with Crippen LogP contribution >= 0.6 is 11.6 Å². The van der Waals surface area contributed by atoms with Crippen LogP contribution in [0.25, 0.3) is 27.5 Å². The summed E-state index contributed by atoms with van der Waals surface area (Å²) in [6, 6.07) is 10.2. The molecule has 3 N–H and O–H groups in total. The van der Waals surface area contributed by atoms with E-state index in [1.54, 1.807) is 63.7 Å². The monoisotopic (exact) mass is 458 g/mol. The number of rotatable bonds is 7. The number of hydrogen-bond donors (Lipinski definition) is 3. The summed E-state index contributed by atoms with van der Waals surface area (Å²) in [6.07, 6.45) is 4.60. The fraction of sp³-hybridized carbons (Fsp3) is 0.182. The molecule has 0 saturated carbocycles. The van der Waals surface area contributed by atoms with E-state index < -0.39 is 10.0 Å². The summed E-state index contributed by atoms with van der Waals surface area (Å²) < 4.78 is 28.0. The van der Waals surface area contributed by atoms with Gasteiger partial charge in [0.25, 0.3) is 5.56 Å². The Kier molecular flexibility index (Phi) is 6.52. The molecular weight excluding hydrogens is 436 g/mol. The largest absolute Gasteiger partial charge is 0.393 e. The molecule has 3 rings (SSSR count). The normalized spacial score (nSPS) is 12.1. The van der Waals surface area contributed by atoms with Crippen molar-refractivity contribution < 1.29 is 8.42 Å². The number of nitrogens with zero attached hydrogens (tertiary/aromatic N) is 1. The Morgan fingerprint density at radius 2 is 1.90 bits per heavy atom. The summed E-state index contributed by atoms with van der Waals surface area (Å²) >= 11 is 6.49. The first-order valence-corrected chi connectivity index (χ1v) is 11.6. The maximum absolute atomic E-state index is 12.7. The van der Waals surface area contributed by atoms with Crippen LogP contribution in [0.2, 0.25) is 5.02 Å². The minimum atomic E-state index is -3.46. The Balaban J connectivity index is 2.31. The first kappa shape index (κ1) is 22.6. The molecule has 0 aliphatic rings. The van der Waals surface area contributed by atoms with Crippen LogP contribution in [0.15, 0.2) is 53.6 Å². The van der Waals surface area contributed by atoms with Gasteiger partial charge in [0.15, 0.2) is 0 Å². The van der Waals surface area contributed by atoms with E-state index in [1.165, 1.54) is 10.8 Å². The molecule has 0 aliphatic heterocycles. The molecule has 0 spiro atoms. The lowest BCUT2D eigenvalue weighted by atomic mass is 9.96. The lowest BCUT2D eigenvalue weighted by molar-refractivity contribution is 0.602. The number of anilines is 1. The van der Waals surface area contributed by atoms with Crippen molar-refractivity contribution in [3.05, 3.63) is 69.7 Å². The third-order valence-electron chi connectivity index (χ3n) is 4.88. The third-order valence-corrected chi connectivity index (χ3v) is 6.52. The first-order chi connectivity index (χ1) is 14.7. The van der Waals surface area contributed by atoms with Gasteiger partial charge in [0.1, 0.15) is 0 Å². The number of hydrogen-bond acceptors (Lipinski definition) is 5. The molecule has 31 heavy (non-hydrogen) atoms. The van der Waals surface area contributed by atoms with E-state index in [9.17, 15) is 13.2 Å². The molecule has 0 fully saturated rings. The third kappa shape index (κ3) is 4.65. The highest BCUT2D eigenvalue weighted by atomic mass is 35.5. The molecule has 0 amide bonds. The number of nitrogens with one attached hydrogen (secondary N) is 3. The zero-order valence-corrected chi connectivity index (χ0v) is 18.9. The van der Waals surface area contributed by atoms with E-state index in [4.69, 9.17) is 17.0 Å². The minimum Gasteiger partial charge on any atom is -0.393 e. The molecule has 0 bridgehead atoms. The van der Waals surface area contributed by atoms with Gasteiger partial charge in [-0.05, 0) is 48.2 Å². The van der Waals surface area contributed by atoms with Crippen LogP contribution in [0, 0.1) is 5.41 Å². The molecular formula is C22H23ClN4O3S. The van der Waals surface area contributed by atoms with Gasteiger partial charge in [0.2, 0.25) is 10.0 Å². The molecule has 1 heterocycles. The van der Waals surface area contributed by atoms with Gasteiger partial charge in [-0.25, -0.2) is 8.42 Å². The van der Waals surface area contributed by atoms with Crippen molar-refractivity contribution in [1.29, 1.82) is 5.41 Å². The van der Waals surface area contributed by atoms with E-state index in [0.29, 0.717) is 38.2 Å². The highest BCUT2D eigenvalue weighted by molar-refractivity contribution is 7.92. The minimum absolute atomic E-state index is 0.0543. The van der Waals surface area contributed by atoms with E-state index in [2.05, 4.69) is 10.0 Å². The van der Waals surface area contributed by atoms with Gasteiger partial charge >= 0.3 is 0 Å². The molecule has 7 nitrogen and oxygen atoms in total. The molecule has 3 aromatic rings. The summed E-state index contributed by atoms with van der Waals surface area (Å²) in [6.45, 7) is 1.56. The fourth-order valence-corrected chi connectivity index (χ4v) is 4.12. The van der Waals surface area contributed by atoms with Crippen LogP contribution in [-0.4, -0.2) is 32.0 Å². The number of aryl methyl sites for hydroxylation is 1. The fourth-order valence-electron chi connectivity index (χ4n) is 3.27. The van der Waals surface area contributed by atoms with Crippen LogP contribution in [0.4, 0.5) is 5.69 Å². The molecule has 0 saturated heterocycles. The molecule has 9 heteroatoms. The molecule has 1 aromatic heterocycles. The highest BCUT2D eigenvalue weighted by Crippen LogP contribution is 2.35. The van der Waals surface area contributed by atoms with Crippen molar-refractivity contribution in [2.24, 2.45) is 7.05 Å². The van der Waals surface area contributed by atoms with Crippen molar-refractivity contribution in [2.75, 3.05) is 17.5 Å². The van der Waals surface area contributed by atoms with Gasteiger partial charge in [0.05, 0.1) is 5.75 Å². The Labute approximate surface area is 185 Å². The number of pyridine rings is 1. The second-order valence-electron chi connectivity index (χ2n) is 6.95. The molecule has 0 radical (unpaired) electrons. The number of fused-ring (bicyclic) bond motifs is 1. The number of halogens is 1. The molecule has 2 aromatic carbocycles. The van der Waals surface area contributed by atoms with Crippen molar-refractivity contribution in [3.63, 3.8) is 0 Å². The topological polar surface area (TPSA) is 104 Å². The quantitative estimate of drug-likeness (QED) is 0.468. The van der Waals surface area contributed by atoms with Crippen molar-refractivity contribution in [1.82, 2.24) is 9.88 Å². The Bertz CT molecular complexity index is 1360. The second-order valence-corrected chi connectivity index (χ2v) is 9.37. The summed E-state index contributed by atoms with van der Waals surface area (Å²) in [5.41, 5.74) is 2.88. The molecule has 162 valence electrons. The van der Waals surface area contributed by atoms with Crippen LogP contribution < -0.4 is 15.6 Å². The van der Waals surface area contributed by atoms with Crippen LogP contribution in [-0.2, 0) is 17.1 Å². The van der Waals surface area contributed by atoms with Gasteiger partial charge in [0, 0.05) is 65.5 Å². The summed E-state index contributed by atoms with van der Waals surface area (Å²) in [5, 5.41) is 12.2. The summed E-state index contributed by atoms with van der Waals surface area (Å²) in [5.74, 6) is -0.0543. The second kappa shape index (κ2) is 8.95. The standard InChI is InChI=1S/C22H23ClN4O3S/c1-4-31(29,30)26-16-6-8-21(23)19(10-16)20-13-27(3)22(28)17-7-5-14(9-18(17)20)15(11-24)12-25-2/h5-13,24-26H,4H2,1-3H3/b15-12+,24-11?. The predicted molar refractivity (Wildman–Crippen MR) is 129 cm³/mol. The van der Waals surface area contributed by atoms with E-state index >= 15 is 0 Å². The SMILES string of the molecule is CCS(=O)(=O)Nc1ccc(Cl)c(-c2cn(C)c(=O)c3ccc(/C(C=N)=C/NC)cc23)c1. The predicted octanol–water partition coefficient (Wildman–Crippen LogP) is 3.83. The van der Waals surface area contributed by atoms with Crippen LogP contribution in [0.5, 0.6) is 0 Å². The highest BCUT2D eigenvalue weighted by Gasteiger charge is 2.15. The number of aromatic nitrogens is 1. The van der Waals surface area contributed by atoms with Gasteiger partial charge in [-0.1, -0.05) is 17.7 Å². The van der Waals surface area contributed by atoms with E-state index in [0.717, 1.165) is 5.56 Å².